The van der Waals surface area contributed by atoms with Crippen molar-refractivity contribution < 1.29 is 9.53 Å². The van der Waals surface area contributed by atoms with E-state index in [0.717, 1.165) is 0 Å². The molecular weight excluding hydrogens is 120 g/mol. The summed E-state index contributed by atoms with van der Waals surface area (Å²) in [7, 11) is 0. The molecule has 1 aliphatic rings. The molecule has 1 rings (SSSR count). The number of carbonyl (C=O) groups is 1. The molecule has 1 saturated heterocycles. The van der Waals surface area contributed by atoms with Crippen LogP contribution in [0.25, 0.3) is 0 Å². The van der Waals surface area contributed by atoms with E-state index < -0.39 is 0 Å². The number of nitrogens with two attached hydrogens (primary N) is 1. The molecule has 1 aliphatic heterocycles. The van der Waals surface area contributed by atoms with E-state index in [-0.39, 0.29) is 18.6 Å². The van der Waals surface area contributed by atoms with Gasteiger partial charge < -0.3 is 15.8 Å². The minimum absolute atomic E-state index is 0.0450. The van der Waals surface area contributed by atoms with Crippen LogP contribution in [0.5, 0.6) is 0 Å². The lowest BCUT2D eigenvalue weighted by Gasteiger charge is -2.03. The molecule has 0 spiro atoms. The van der Waals surface area contributed by atoms with Crippen LogP contribution in [0.1, 0.15) is 0 Å². The third-order valence-corrected chi connectivity index (χ3v) is 1.13. The first-order chi connectivity index (χ1) is 4.29. The maximum Gasteiger partial charge on any atom is 0.246 e. The van der Waals surface area contributed by atoms with Crippen molar-refractivity contribution >= 4 is 5.91 Å². The van der Waals surface area contributed by atoms with Crippen LogP contribution in [0.4, 0.5) is 0 Å². The Bertz CT molecular complexity index is 116. The van der Waals surface area contributed by atoms with Gasteiger partial charge in [0, 0.05) is 12.6 Å². The van der Waals surface area contributed by atoms with Crippen LogP contribution in [0.3, 0.4) is 0 Å². The summed E-state index contributed by atoms with van der Waals surface area (Å²) in [5.41, 5.74) is 5.46. The number of ether oxygens (including phenoxy) is 1. The Morgan fingerprint density at radius 2 is 2.56 bits per heavy atom. The average molecular weight is 130 g/mol. The fourth-order valence-corrected chi connectivity index (χ4v) is 0.658. The first-order valence-electron chi connectivity index (χ1n) is 2.89. The number of hydrogen-bond donors (Lipinski definition) is 2. The van der Waals surface area contributed by atoms with Gasteiger partial charge in [-0.25, -0.2) is 0 Å². The van der Waals surface area contributed by atoms with E-state index in [4.69, 9.17) is 10.5 Å². The summed E-state index contributed by atoms with van der Waals surface area (Å²) in [5, 5.41) is 2.61. The number of amides is 1. The second kappa shape index (κ2) is 2.80. The minimum Gasteiger partial charge on any atom is -0.370 e. The van der Waals surface area contributed by atoms with Crippen molar-refractivity contribution in [3.8, 4) is 0 Å². The molecule has 52 valence electrons. The zero-order chi connectivity index (χ0) is 6.69. The van der Waals surface area contributed by atoms with Crippen molar-refractivity contribution in [2.45, 2.75) is 6.04 Å². The molecule has 0 aliphatic carbocycles. The standard InChI is InChI=1S/C5H10N2O2/c6-4-1-7-5(8)3-9-2-4/h4H,1-3,6H2,(H,7,8). The van der Waals surface area contributed by atoms with Gasteiger partial charge in [-0.1, -0.05) is 0 Å². The molecule has 0 bridgehead atoms. The molecule has 0 saturated carbocycles. The van der Waals surface area contributed by atoms with Crippen molar-refractivity contribution in [1.29, 1.82) is 0 Å². The molecule has 1 heterocycles. The highest BCUT2D eigenvalue weighted by atomic mass is 16.5. The molecule has 0 radical (unpaired) electrons. The summed E-state index contributed by atoms with van der Waals surface area (Å²) < 4.78 is 4.88. The smallest absolute Gasteiger partial charge is 0.246 e. The third kappa shape index (κ3) is 1.99. The summed E-state index contributed by atoms with van der Waals surface area (Å²) in [6.45, 7) is 1.14. The van der Waals surface area contributed by atoms with E-state index in [1.54, 1.807) is 0 Å². The van der Waals surface area contributed by atoms with Crippen LogP contribution in [-0.4, -0.2) is 31.7 Å². The summed E-state index contributed by atoms with van der Waals surface area (Å²) >= 11 is 0. The van der Waals surface area contributed by atoms with Crippen LogP contribution < -0.4 is 11.1 Å². The Morgan fingerprint density at radius 1 is 1.78 bits per heavy atom. The van der Waals surface area contributed by atoms with Crippen molar-refractivity contribution in [3.63, 3.8) is 0 Å². The topological polar surface area (TPSA) is 64.3 Å². The number of rotatable bonds is 0. The summed E-state index contributed by atoms with van der Waals surface area (Å²) in [5.74, 6) is -0.0806. The van der Waals surface area contributed by atoms with Crippen molar-refractivity contribution in [2.24, 2.45) is 5.73 Å². The van der Waals surface area contributed by atoms with E-state index in [9.17, 15) is 4.79 Å². The second-order valence-corrected chi connectivity index (χ2v) is 2.08. The first kappa shape index (κ1) is 6.51. The Morgan fingerprint density at radius 3 is 3.33 bits per heavy atom. The van der Waals surface area contributed by atoms with Gasteiger partial charge in [0.05, 0.1) is 6.61 Å². The SMILES string of the molecule is NC1CNC(=O)COC1. The molecule has 3 N–H and O–H groups in total. The molecule has 0 aromatic rings. The van der Waals surface area contributed by atoms with Gasteiger partial charge in [0.1, 0.15) is 6.61 Å². The van der Waals surface area contributed by atoms with E-state index in [1.807, 2.05) is 0 Å². The monoisotopic (exact) mass is 130 g/mol. The minimum atomic E-state index is -0.0806. The molecule has 0 aromatic carbocycles. The average Bonchev–Trinajstić information content (AvgIpc) is 1.97. The van der Waals surface area contributed by atoms with Crippen molar-refractivity contribution in [1.82, 2.24) is 5.32 Å². The lowest BCUT2D eigenvalue weighted by atomic mass is 10.3. The van der Waals surface area contributed by atoms with Gasteiger partial charge in [-0.05, 0) is 0 Å². The molecule has 1 unspecified atom stereocenters. The highest BCUT2D eigenvalue weighted by molar-refractivity contribution is 5.77. The third-order valence-electron chi connectivity index (χ3n) is 1.13. The van der Waals surface area contributed by atoms with Gasteiger partial charge in [-0.3, -0.25) is 4.79 Å². The van der Waals surface area contributed by atoms with Crippen molar-refractivity contribution in [2.75, 3.05) is 19.8 Å². The molecule has 9 heavy (non-hydrogen) atoms. The highest BCUT2D eigenvalue weighted by Crippen LogP contribution is 1.85. The Labute approximate surface area is 53.4 Å². The van der Waals surface area contributed by atoms with Gasteiger partial charge in [0.25, 0.3) is 0 Å². The molecule has 0 aromatic heterocycles. The maximum atomic E-state index is 10.5. The predicted octanol–water partition coefficient (Wildman–Crippen LogP) is -1.54. The van der Waals surface area contributed by atoms with Crippen LogP contribution in [0.15, 0.2) is 0 Å². The summed E-state index contributed by atoms with van der Waals surface area (Å²) in [6, 6.07) is -0.0450. The van der Waals surface area contributed by atoms with E-state index >= 15 is 0 Å². The predicted molar refractivity (Wildman–Crippen MR) is 31.8 cm³/mol. The van der Waals surface area contributed by atoms with Gasteiger partial charge in [0.15, 0.2) is 0 Å². The maximum absolute atomic E-state index is 10.5. The van der Waals surface area contributed by atoms with E-state index in [2.05, 4.69) is 5.32 Å². The van der Waals surface area contributed by atoms with E-state index in [1.165, 1.54) is 0 Å². The molecule has 1 fully saturated rings. The highest BCUT2D eigenvalue weighted by Gasteiger charge is 2.10. The summed E-state index contributed by atoms with van der Waals surface area (Å²) in [6.07, 6.45) is 0. The number of nitrogens with one attached hydrogen (secondary N) is 1. The summed E-state index contributed by atoms with van der Waals surface area (Å²) in [4.78, 5) is 10.5. The molecule has 1 atom stereocenters. The lowest BCUT2D eigenvalue weighted by molar-refractivity contribution is -0.124. The Balaban J connectivity index is 2.34. The molecule has 1 amide bonds. The van der Waals surface area contributed by atoms with Gasteiger partial charge in [-0.2, -0.15) is 0 Å². The van der Waals surface area contributed by atoms with Crippen molar-refractivity contribution in [3.05, 3.63) is 0 Å². The zero-order valence-corrected chi connectivity index (χ0v) is 5.09. The van der Waals surface area contributed by atoms with Crippen LogP contribution in [-0.2, 0) is 9.53 Å². The van der Waals surface area contributed by atoms with Crippen LogP contribution in [0.2, 0.25) is 0 Å². The largest absolute Gasteiger partial charge is 0.370 e. The van der Waals surface area contributed by atoms with Gasteiger partial charge >= 0.3 is 0 Å². The van der Waals surface area contributed by atoms with Crippen LogP contribution >= 0.6 is 0 Å². The Kier molecular flexibility index (Phi) is 2.02. The lowest BCUT2D eigenvalue weighted by Crippen LogP contribution is -2.36. The normalized spacial score (nSPS) is 29.0. The van der Waals surface area contributed by atoms with Crippen LogP contribution in [0, 0.1) is 0 Å². The van der Waals surface area contributed by atoms with E-state index in [0.29, 0.717) is 13.2 Å². The molecular formula is C5H10N2O2. The molecule has 4 heteroatoms. The van der Waals surface area contributed by atoms with Gasteiger partial charge in [0.2, 0.25) is 5.91 Å². The second-order valence-electron chi connectivity index (χ2n) is 2.08. The fraction of sp³-hybridized carbons (Fsp3) is 0.800. The quantitative estimate of drug-likeness (QED) is 0.417. The fourth-order valence-electron chi connectivity index (χ4n) is 0.658. The number of carbonyl (C=O) groups excluding carboxylic acids is 1. The Hall–Kier alpha value is -0.610. The zero-order valence-electron chi connectivity index (χ0n) is 5.09. The molecule has 4 nitrogen and oxygen atoms in total. The number of hydrogen-bond acceptors (Lipinski definition) is 3. The van der Waals surface area contributed by atoms with Gasteiger partial charge in [-0.15, -0.1) is 0 Å². The first-order valence-corrected chi connectivity index (χ1v) is 2.89.